The fourth-order valence-corrected chi connectivity index (χ4v) is 3.35. The summed E-state index contributed by atoms with van der Waals surface area (Å²) in [5.74, 6) is 0.423. The molecular weight excluding hydrogens is 506 g/mol. The maximum atomic E-state index is 12.8. The molecule has 0 unspecified atom stereocenters. The molecule has 3 aromatic rings. The molecule has 0 radical (unpaired) electrons. The zero-order valence-corrected chi connectivity index (χ0v) is 18.9. The Bertz CT molecular complexity index is 1160. The van der Waals surface area contributed by atoms with Gasteiger partial charge in [0.2, 0.25) is 0 Å². The van der Waals surface area contributed by atoms with E-state index in [2.05, 4.69) is 41.9 Å². The molecular formula is C20H17Br2N3O4. The first-order valence-electron chi connectivity index (χ1n) is 8.70. The summed E-state index contributed by atoms with van der Waals surface area (Å²) in [4.78, 5) is 28.9. The Balaban J connectivity index is 1.96. The van der Waals surface area contributed by atoms with Crippen LogP contribution in [0.2, 0.25) is 0 Å². The molecule has 0 aliphatic rings. The minimum absolute atomic E-state index is 0.221. The number of carbonyl (C=O) groups is 1. The lowest BCUT2D eigenvalue weighted by molar-refractivity contribution is -0.145. The summed E-state index contributed by atoms with van der Waals surface area (Å²) in [6, 6.07) is 10.6. The molecule has 0 saturated carbocycles. The van der Waals surface area contributed by atoms with Crippen molar-refractivity contribution in [2.75, 3.05) is 13.2 Å². The van der Waals surface area contributed by atoms with Gasteiger partial charge in [-0.05, 0) is 50.2 Å². The van der Waals surface area contributed by atoms with Gasteiger partial charge in [-0.25, -0.2) is 9.78 Å². The minimum atomic E-state index is -0.463. The number of hydrogen-bond donors (Lipinski definition) is 0. The highest BCUT2D eigenvalue weighted by molar-refractivity contribution is 9.10. The molecule has 29 heavy (non-hydrogen) atoms. The van der Waals surface area contributed by atoms with E-state index in [9.17, 15) is 9.59 Å². The number of fused-ring (bicyclic) bond motifs is 1. The summed E-state index contributed by atoms with van der Waals surface area (Å²) >= 11 is 6.77. The molecule has 7 nitrogen and oxygen atoms in total. The number of hydrogen-bond acceptors (Lipinski definition) is 6. The standard InChI is InChI=1S/C20H17Br2N3O4/c1-3-28-19(26)11-29-18-7-5-14(21)8-13(18)10-23-25-12(2)24-17-6-4-15(22)9-16(17)20(25)27/h4-10H,3,11H2,1-2H3. The molecule has 0 fully saturated rings. The first kappa shape index (κ1) is 21.2. The average molecular weight is 523 g/mol. The van der Waals surface area contributed by atoms with Crippen LogP contribution >= 0.6 is 31.9 Å². The summed E-state index contributed by atoms with van der Waals surface area (Å²) in [6.07, 6.45) is 1.49. The van der Waals surface area contributed by atoms with Gasteiger partial charge < -0.3 is 9.47 Å². The Morgan fingerprint density at radius 2 is 1.93 bits per heavy atom. The third-order valence-corrected chi connectivity index (χ3v) is 4.89. The first-order valence-corrected chi connectivity index (χ1v) is 10.3. The summed E-state index contributed by atoms with van der Waals surface area (Å²) in [5, 5.41) is 4.76. The molecule has 9 heteroatoms. The van der Waals surface area contributed by atoms with E-state index in [0.717, 1.165) is 8.95 Å². The van der Waals surface area contributed by atoms with Gasteiger partial charge in [-0.3, -0.25) is 4.79 Å². The highest BCUT2D eigenvalue weighted by Gasteiger charge is 2.10. The first-order chi connectivity index (χ1) is 13.9. The van der Waals surface area contributed by atoms with Gasteiger partial charge in [-0.15, -0.1) is 0 Å². The Kier molecular flexibility index (Phi) is 6.81. The van der Waals surface area contributed by atoms with Crippen LogP contribution in [0.1, 0.15) is 18.3 Å². The summed E-state index contributed by atoms with van der Waals surface area (Å²) in [5.41, 5.74) is 0.904. The highest BCUT2D eigenvalue weighted by atomic mass is 79.9. The lowest BCUT2D eigenvalue weighted by Gasteiger charge is -2.10. The van der Waals surface area contributed by atoms with Crippen molar-refractivity contribution in [2.45, 2.75) is 13.8 Å². The van der Waals surface area contributed by atoms with Gasteiger partial charge in [0.1, 0.15) is 11.6 Å². The molecule has 150 valence electrons. The minimum Gasteiger partial charge on any atom is -0.481 e. The molecule has 0 saturated heterocycles. The smallest absolute Gasteiger partial charge is 0.344 e. The SMILES string of the molecule is CCOC(=O)COc1ccc(Br)cc1C=Nn1c(C)nc2ccc(Br)cc2c1=O. The largest absolute Gasteiger partial charge is 0.481 e. The predicted octanol–water partition coefficient (Wildman–Crippen LogP) is 4.05. The molecule has 0 amide bonds. The summed E-state index contributed by atoms with van der Waals surface area (Å²) < 4.78 is 13.2. The van der Waals surface area contributed by atoms with Crippen LogP contribution in [0.4, 0.5) is 0 Å². The predicted molar refractivity (Wildman–Crippen MR) is 118 cm³/mol. The van der Waals surface area contributed by atoms with Crippen molar-refractivity contribution in [3.05, 3.63) is 67.1 Å². The number of benzene rings is 2. The lowest BCUT2D eigenvalue weighted by Crippen LogP contribution is -2.20. The molecule has 1 heterocycles. The zero-order chi connectivity index (χ0) is 21.0. The molecule has 0 spiro atoms. The quantitative estimate of drug-likeness (QED) is 0.360. The van der Waals surface area contributed by atoms with Gasteiger partial charge in [-0.2, -0.15) is 9.78 Å². The van der Waals surface area contributed by atoms with Crippen molar-refractivity contribution >= 4 is 54.9 Å². The van der Waals surface area contributed by atoms with E-state index >= 15 is 0 Å². The Labute approximate surface area is 183 Å². The van der Waals surface area contributed by atoms with E-state index in [0.29, 0.717) is 28.0 Å². The number of esters is 1. The fourth-order valence-electron chi connectivity index (χ4n) is 2.61. The van der Waals surface area contributed by atoms with Crippen LogP contribution in [0.15, 0.2) is 55.2 Å². The number of carbonyl (C=O) groups excluding carboxylic acids is 1. The average Bonchev–Trinajstić information content (AvgIpc) is 2.68. The van der Waals surface area contributed by atoms with Crippen molar-refractivity contribution in [3.63, 3.8) is 0 Å². The molecule has 0 aliphatic heterocycles. The molecule has 3 rings (SSSR count). The molecule has 0 aliphatic carbocycles. The molecule has 2 aromatic carbocycles. The van der Waals surface area contributed by atoms with E-state index in [1.165, 1.54) is 10.9 Å². The van der Waals surface area contributed by atoms with Gasteiger partial charge in [-0.1, -0.05) is 31.9 Å². The monoisotopic (exact) mass is 521 g/mol. The van der Waals surface area contributed by atoms with E-state index in [1.54, 1.807) is 44.2 Å². The number of halogens is 2. The van der Waals surface area contributed by atoms with Crippen LogP contribution < -0.4 is 10.3 Å². The molecule has 1 aromatic heterocycles. The van der Waals surface area contributed by atoms with Crippen molar-refractivity contribution < 1.29 is 14.3 Å². The third-order valence-electron chi connectivity index (χ3n) is 3.91. The maximum Gasteiger partial charge on any atom is 0.344 e. The van der Waals surface area contributed by atoms with Crippen LogP contribution in [0.3, 0.4) is 0 Å². The Hall–Kier alpha value is -2.52. The van der Waals surface area contributed by atoms with Gasteiger partial charge in [0.15, 0.2) is 6.61 Å². The maximum absolute atomic E-state index is 12.8. The van der Waals surface area contributed by atoms with Crippen LogP contribution in [-0.2, 0) is 9.53 Å². The normalized spacial score (nSPS) is 11.2. The van der Waals surface area contributed by atoms with Crippen molar-refractivity contribution in [1.29, 1.82) is 0 Å². The van der Waals surface area contributed by atoms with Gasteiger partial charge >= 0.3 is 5.97 Å². The second-order valence-electron chi connectivity index (χ2n) is 5.96. The van der Waals surface area contributed by atoms with E-state index in [1.807, 2.05) is 6.07 Å². The number of rotatable bonds is 6. The van der Waals surface area contributed by atoms with Crippen LogP contribution in [0.5, 0.6) is 5.75 Å². The number of aromatic nitrogens is 2. The van der Waals surface area contributed by atoms with E-state index in [4.69, 9.17) is 9.47 Å². The zero-order valence-electron chi connectivity index (χ0n) is 15.7. The Morgan fingerprint density at radius 1 is 1.21 bits per heavy atom. The highest BCUT2D eigenvalue weighted by Crippen LogP contribution is 2.22. The topological polar surface area (TPSA) is 82.8 Å². The second-order valence-corrected chi connectivity index (χ2v) is 7.79. The summed E-state index contributed by atoms with van der Waals surface area (Å²) in [6.45, 7) is 3.50. The van der Waals surface area contributed by atoms with E-state index < -0.39 is 5.97 Å². The lowest BCUT2D eigenvalue weighted by atomic mass is 10.2. The number of nitrogens with zero attached hydrogens (tertiary/aromatic N) is 3. The molecule has 0 N–H and O–H groups in total. The molecule has 0 bridgehead atoms. The van der Waals surface area contributed by atoms with Crippen LogP contribution in [0.25, 0.3) is 10.9 Å². The van der Waals surface area contributed by atoms with Crippen LogP contribution in [0, 0.1) is 6.92 Å². The Morgan fingerprint density at radius 3 is 2.69 bits per heavy atom. The van der Waals surface area contributed by atoms with Crippen LogP contribution in [-0.4, -0.2) is 35.1 Å². The third kappa shape index (κ3) is 5.10. The molecule has 0 atom stereocenters. The van der Waals surface area contributed by atoms with Crippen molar-refractivity contribution in [3.8, 4) is 5.75 Å². The number of ether oxygens (including phenoxy) is 2. The van der Waals surface area contributed by atoms with Gasteiger partial charge in [0.05, 0.1) is 23.7 Å². The second kappa shape index (κ2) is 9.32. The van der Waals surface area contributed by atoms with Gasteiger partial charge in [0, 0.05) is 14.5 Å². The van der Waals surface area contributed by atoms with Gasteiger partial charge in [0.25, 0.3) is 5.56 Å². The van der Waals surface area contributed by atoms with Crippen molar-refractivity contribution in [1.82, 2.24) is 9.66 Å². The fraction of sp³-hybridized carbons (Fsp3) is 0.200. The summed E-state index contributed by atoms with van der Waals surface area (Å²) in [7, 11) is 0. The van der Waals surface area contributed by atoms with Crippen molar-refractivity contribution in [2.24, 2.45) is 5.10 Å². The number of aryl methyl sites for hydroxylation is 1. The van der Waals surface area contributed by atoms with E-state index in [-0.39, 0.29) is 18.8 Å².